The Bertz CT molecular complexity index is 1700. The van der Waals surface area contributed by atoms with Crippen molar-refractivity contribution in [3.05, 3.63) is 56.6 Å². The second kappa shape index (κ2) is 26.4. The second-order valence-corrected chi connectivity index (χ2v) is 24.4. The molecule has 0 unspecified atom stereocenters. The number of carboxylic acid groups (broad SMARTS) is 2. The average Bonchev–Trinajstić information content (AvgIpc) is 4.05. The number of nitrogens with two attached hydrogens (primary N) is 1. The Labute approximate surface area is 388 Å². The number of aryl methyl sites for hydroxylation is 2. The normalized spacial score (nSPS) is 18.4. The lowest BCUT2D eigenvalue weighted by molar-refractivity contribution is -0.529. The third-order valence-corrected chi connectivity index (χ3v) is 17.5. The number of carbonyl (C=O) groups is 2. The molecule has 2 aromatic carbocycles. The van der Waals surface area contributed by atoms with E-state index in [0.717, 1.165) is 109 Å². The van der Waals surface area contributed by atoms with E-state index in [4.69, 9.17) is 5.11 Å². The molecule has 0 aliphatic carbocycles. The van der Waals surface area contributed by atoms with Crippen LogP contribution in [0.3, 0.4) is 0 Å². The Hall–Kier alpha value is -2.52. The molecule has 2 saturated heterocycles. The number of nitrogens with one attached hydrogen (secondary N) is 1. The van der Waals surface area contributed by atoms with Gasteiger partial charge in [0, 0.05) is 47.4 Å². The van der Waals surface area contributed by atoms with Crippen molar-refractivity contribution in [2.45, 2.75) is 168 Å². The molecule has 0 aromatic heterocycles. The Morgan fingerprint density at radius 1 is 0.758 bits per heavy atom. The average molecular weight is 933 g/mol. The Kier molecular flexibility index (Phi) is 23.0. The van der Waals surface area contributed by atoms with Gasteiger partial charge in [0.05, 0.1) is 19.5 Å². The van der Waals surface area contributed by atoms with E-state index in [1.807, 2.05) is 57.0 Å². The van der Waals surface area contributed by atoms with Crippen molar-refractivity contribution in [1.82, 2.24) is 5.32 Å². The summed E-state index contributed by atoms with van der Waals surface area (Å²) in [5.41, 5.74) is 8.88. The maximum atomic E-state index is 10.5. The lowest BCUT2D eigenvalue weighted by Crippen LogP contribution is -2.86. The van der Waals surface area contributed by atoms with Crippen molar-refractivity contribution in [3.8, 4) is 11.5 Å². The fraction of sp³-hybridized carbons (Fsp3) is 0.667. The van der Waals surface area contributed by atoms with E-state index >= 15 is 0 Å². The van der Waals surface area contributed by atoms with Crippen LogP contribution in [0, 0.1) is 27.7 Å². The minimum Gasteiger partial charge on any atom is -0.550 e. The number of unbranched alkanes of at least 4 members (excludes halogenated alkanes) is 2. The molecule has 4 aliphatic rings. The zero-order chi connectivity index (χ0) is 46.0. The van der Waals surface area contributed by atoms with Gasteiger partial charge in [-0.1, -0.05) is 110 Å². The van der Waals surface area contributed by atoms with Crippen molar-refractivity contribution in [1.29, 1.82) is 0 Å². The van der Waals surface area contributed by atoms with Gasteiger partial charge in [-0.05, 0) is 128 Å². The van der Waals surface area contributed by atoms with Gasteiger partial charge in [0.1, 0.15) is 23.9 Å². The summed E-state index contributed by atoms with van der Waals surface area (Å²) in [6.45, 7) is 24.8. The van der Waals surface area contributed by atoms with Crippen LogP contribution in [0.5, 0.6) is 11.5 Å². The highest BCUT2D eigenvalue weighted by molar-refractivity contribution is 8.77. The topological polar surface area (TPSA) is 171 Å². The van der Waals surface area contributed by atoms with Crippen molar-refractivity contribution in [2.75, 3.05) is 37.7 Å². The van der Waals surface area contributed by atoms with Crippen molar-refractivity contribution in [3.63, 3.8) is 0 Å². The zero-order valence-electron chi connectivity index (χ0n) is 39.2. The third kappa shape index (κ3) is 18.5. The van der Waals surface area contributed by atoms with Crippen molar-refractivity contribution >= 4 is 66.8 Å². The minimum absolute atomic E-state index is 0.0326. The first kappa shape index (κ1) is 53.8. The fourth-order valence-corrected chi connectivity index (χ4v) is 13.7. The largest absolute Gasteiger partial charge is 0.550 e. The molecule has 2 atom stereocenters. The molecule has 0 saturated carbocycles. The Morgan fingerprint density at radius 3 is 1.65 bits per heavy atom. The number of carbonyl (C=O) groups excluding carboxylic acids is 1. The van der Waals surface area contributed by atoms with E-state index in [-0.39, 0.29) is 17.3 Å². The summed E-state index contributed by atoms with van der Waals surface area (Å²) in [5.74, 6) is 4.04. The van der Waals surface area contributed by atoms with Crippen molar-refractivity contribution in [2.24, 2.45) is 9.98 Å². The third-order valence-electron chi connectivity index (χ3n) is 11.5. The lowest BCUT2D eigenvalue weighted by atomic mass is 9.82. The molecule has 0 spiro atoms. The molecule has 4 heterocycles. The number of hydrogen-bond donors (Lipinski definition) is 5. The van der Waals surface area contributed by atoms with E-state index in [1.165, 1.54) is 59.4 Å². The number of carboxylic acids is 2. The molecular formula is C48H76N4O6S4. The molecular weight excluding hydrogens is 857 g/mol. The maximum absolute atomic E-state index is 10.5. The number of rotatable bonds is 14. The number of aromatic hydroxyl groups is 2. The predicted molar refractivity (Wildman–Crippen MR) is 266 cm³/mol. The van der Waals surface area contributed by atoms with E-state index in [1.54, 1.807) is 0 Å². The Morgan fingerprint density at radius 2 is 1.26 bits per heavy atom. The number of phenols is 2. The standard InChI is InChI=1S/2C16H24N2O.2C8H14O2S2/c2*1-10-8-13(16(3,4)5)15(19)11(2)12(10)9-14-17-6-7-18-14;2*9-8(10)4-2-1-3-7-5-6-11-12-7/h2*8,19H,6-7,9H2,1-5H3,(H,17,18);2*7H,1-6H2,(H,9,10)/t;;2*7-/m..11/s1. The predicted octanol–water partition coefficient (Wildman–Crippen LogP) is 8.91. The first-order valence-electron chi connectivity index (χ1n) is 22.5. The molecule has 0 bridgehead atoms. The number of benzene rings is 2. The lowest BCUT2D eigenvalue weighted by Gasteiger charge is -2.24. The van der Waals surface area contributed by atoms with Crippen LogP contribution in [-0.4, -0.2) is 87.1 Å². The highest BCUT2D eigenvalue weighted by Crippen LogP contribution is 2.41. The van der Waals surface area contributed by atoms with Crippen molar-refractivity contribution < 1.29 is 35.3 Å². The summed E-state index contributed by atoms with van der Waals surface area (Å²) in [5, 5.41) is 46.4. The molecule has 0 radical (unpaired) electrons. The minimum atomic E-state index is -0.913. The molecule has 0 amide bonds. The molecule has 2 aromatic rings. The summed E-state index contributed by atoms with van der Waals surface area (Å²) in [6, 6.07) is 4.25. The van der Waals surface area contributed by atoms with Gasteiger partial charge in [-0.3, -0.25) is 15.1 Å². The van der Waals surface area contributed by atoms with Crippen LogP contribution in [-0.2, 0) is 33.3 Å². The first-order valence-corrected chi connectivity index (χ1v) is 27.2. The van der Waals surface area contributed by atoms with Gasteiger partial charge >= 0.3 is 5.97 Å². The second-order valence-electron chi connectivity index (χ2n) is 18.8. The van der Waals surface area contributed by atoms with E-state index in [0.29, 0.717) is 17.9 Å². The number of hydrogen-bond acceptors (Lipinski definition) is 12. The number of amidine groups is 2. The van der Waals surface area contributed by atoms with Gasteiger partial charge in [-0.2, -0.15) is 0 Å². The fourth-order valence-electron chi connectivity index (χ4n) is 7.68. The van der Waals surface area contributed by atoms with Gasteiger partial charge in [0.15, 0.2) is 5.84 Å². The molecule has 62 heavy (non-hydrogen) atoms. The van der Waals surface area contributed by atoms with Crippen LogP contribution < -0.4 is 15.7 Å². The highest BCUT2D eigenvalue weighted by atomic mass is 33.1. The smallest absolute Gasteiger partial charge is 0.303 e. The summed E-state index contributed by atoms with van der Waals surface area (Å²) in [6.07, 6.45) is 10.9. The summed E-state index contributed by atoms with van der Waals surface area (Å²) < 4.78 is 0. The summed E-state index contributed by atoms with van der Waals surface area (Å²) in [7, 11) is 7.81. The number of phenolic OH excluding ortho intramolecular Hbond substituents is 2. The molecule has 4 aliphatic heterocycles. The monoisotopic (exact) mass is 932 g/mol. The first-order chi connectivity index (χ1) is 29.2. The SMILES string of the molecule is Cc1cc(C(C)(C)C)c(O)c(C)c1CC1=NCCN1.Cc1cc(C(C)(C)C)c(O)c(C)c1CC1=NCC[NH2+]1.O=C(O)CCCC[C@@H]1CCSS1.O=C([O-])CCCC[C@@H]1CCSS1. The van der Waals surface area contributed by atoms with E-state index < -0.39 is 11.9 Å². The highest BCUT2D eigenvalue weighted by Gasteiger charge is 2.25. The van der Waals surface area contributed by atoms with Crippen LogP contribution in [0.4, 0.5) is 0 Å². The number of quaternary nitrogens is 1. The van der Waals surface area contributed by atoms with Crippen LogP contribution in [0.15, 0.2) is 22.1 Å². The molecule has 14 heteroatoms. The van der Waals surface area contributed by atoms with E-state index in [2.05, 4.69) is 88.1 Å². The Balaban J connectivity index is 0.000000226. The summed E-state index contributed by atoms with van der Waals surface area (Å²) in [4.78, 5) is 29.2. The van der Waals surface area contributed by atoms with Gasteiger partial charge in [0.2, 0.25) is 0 Å². The van der Waals surface area contributed by atoms with Gasteiger partial charge in [-0.25, -0.2) is 4.99 Å². The van der Waals surface area contributed by atoms with Gasteiger partial charge in [0.25, 0.3) is 0 Å². The summed E-state index contributed by atoms with van der Waals surface area (Å²) >= 11 is 0. The number of aliphatic imine (C=N–C) groups is 2. The van der Waals surface area contributed by atoms with Gasteiger partial charge in [-0.15, -0.1) is 0 Å². The quantitative estimate of drug-likeness (QED) is 0.0906. The molecule has 10 nitrogen and oxygen atoms in total. The molecule has 348 valence electrons. The molecule has 2 fully saturated rings. The number of aliphatic carboxylic acids is 2. The van der Waals surface area contributed by atoms with Crippen LogP contribution in [0.1, 0.15) is 150 Å². The maximum Gasteiger partial charge on any atom is 0.303 e. The molecule has 6 rings (SSSR count). The van der Waals surface area contributed by atoms with Crippen LogP contribution in [0.25, 0.3) is 0 Å². The zero-order valence-corrected chi connectivity index (χ0v) is 42.5. The van der Waals surface area contributed by atoms with E-state index in [9.17, 15) is 24.9 Å². The van der Waals surface area contributed by atoms with Crippen LogP contribution in [0.2, 0.25) is 0 Å². The number of nitrogens with zero attached hydrogens (tertiary/aromatic N) is 2. The molecule has 6 N–H and O–H groups in total. The van der Waals surface area contributed by atoms with Crippen LogP contribution >= 0.6 is 43.2 Å². The van der Waals surface area contributed by atoms with Gasteiger partial charge < -0.3 is 30.5 Å².